The molecule has 0 N–H and O–H groups in total. The van der Waals surface area contributed by atoms with Gasteiger partial charge in [0.2, 0.25) is 0 Å². The number of Topliss-reactive ketones (excluding diaryl/α,β-unsaturated/α-hetero) is 1. The molecule has 9 atom stereocenters. The predicted molar refractivity (Wildman–Crippen MR) is 220 cm³/mol. The number of ether oxygens (including phenoxy) is 9. The lowest BCUT2D eigenvalue weighted by atomic mass is 9.91. The molecule has 63 heavy (non-hydrogen) atoms. The second-order valence-corrected chi connectivity index (χ2v) is 17.1. The summed E-state index contributed by atoms with van der Waals surface area (Å²) < 4.78 is 57.8. The van der Waals surface area contributed by atoms with Crippen LogP contribution in [-0.4, -0.2) is 106 Å². The third-order valence-electron chi connectivity index (χ3n) is 12.0. The van der Waals surface area contributed by atoms with Gasteiger partial charge in [0.25, 0.3) is 17.4 Å². The lowest BCUT2D eigenvalue weighted by Crippen LogP contribution is -2.64. The van der Waals surface area contributed by atoms with E-state index in [4.69, 9.17) is 42.6 Å². The molecule has 4 fully saturated rings. The Bertz CT molecular complexity index is 2480. The number of ketones is 1. The molecule has 0 spiro atoms. The van der Waals surface area contributed by atoms with Gasteiger partial charge in [-0.15, -0.1) is 0 Å². The molecule has 17 nitrogen and oxygen atoms in total. The molecule has 332 valence electrons. The lowest BCUT2D eigenvalue weighted by molar-refractivity contribution is -0.259. The van der Waals surface area contributed by atoms with E-state index < -0.39 is 89.8 Å². The van der Waals surface area contributed by atoms with Crippen LogP contribution in [0.25, 0.3) is 0 Å². The van der Waals surface area contributed by atoms with Gasteiger partial charge in [-0.2, -0.15) is 0 Å². The molecule has 9 rings (SSSR count). The summed E-state index contributed by atoms with van der Waals surface area (Å²) >= 11 is 0. The van der Waals surface area contributed by atoms with E-state index in [-0.39, 0.29) is 42.9 Å². The zero-order valence-corrected chi connectivity index (χ0v) is 35.7. The van der Waals surface area contributed by atoms with Gasteiger partial charge in [-0.05, 0) is 81.6 Å². The van der Waals surface area contributed by atoms with Crippen molar-refractivity contribution in [2.45, 2.75) is 120 Å². The molecule has 4 aromatic rings. The minimum Gasteiger partial charge on any atom is -0.497 e. The Balaban J connectivity index is 0.971. The molecular formula is C46H49N3O14. The maximum atomic E-state index is 14.4. The van der Waals surface area contributed by atoms with Crippen LogP contribution < -0.4 is 20.7 Å². The van der Waals surface area contributed by atoms with E-state index in [0.29, 0.717) is 17.1 Å². The lowest BCUT2D eigenvalue weighted by Gasteiger charge is -2.45. The first-order chi connectivity index (χ1) is 30.1. The van der Waals surface area contributed by atoms with Crippen LogP contribution in [0.2, 0.25) is 0 Å². The molecule has 2 amide bonds. The van der Waals surface area contributed by atoms with Gasteiger partial charge in [0.15, 0.2) is 29.9 Å². The molecule has 0 aliphatic carbocycles. The van der Waals surface area contributed by atoms with Crippen molar-refractivity contribution in [2.24, 2.45) is 0 Å². The average Bonchev–Trinajstić information content (AvgIpc) is 3.96. The van der Waals surface area contributed by atoms with Crippen molar-refractivity contribution in [3.63, 3.8) is 0 Å². The fraction of sp³-hybridized carbons (Fsp3) is 0.457. The summed E-state index contributed by atoms with van der Waals surface area (Å²) in [6.07, 6.45) is -6.46. The second-order valence-electron chi connectivity index (χ2n) is 17.1. The first-order valence-corrected chi connectivity index (χ1v) is 20.9. The van der Waals surface area contributed by atoms with Crippen molar-refractivity contribution in [3.05, 3.63) is 128 Å². The monoisotopic (exact) mass is 867 g/mol. The summed E-state index contributed by atoms with van der Waals surface area (Å²) in [6, 6.07) is 21.0. The maximum Gasteiger partial charge on any atom is 0.333 e. The van der Waals surface area contributed by atoms with E-state index in [1.807, 2.05) is 12.1 Å². The van der Waals surface area contributed by atoms with Crippen LogP contribution in [0.15, 0.2) is 94.6 Å². The molecule has 0 bridgehead atoms. The fourth-order valence-corrected chi connectivity index (χ4v) is 9.14. The molecule has 5 aliphatic rings. The minimum absolute atomic E-state index is 0.0145. The van der Waals surface area contributed by atoms with Crippen LogP contribution in [0.5, 0.6) is 11.5 Å². The van der Waals surface area contributed by atoms with Crippen molar-refractivity contribution >= 4 is 17.6 Å². The number of imide groups is 1. The topological polar surface area (TPSA) is 182 Å². The highest BCUT2D eigenvalue weighted by Gasteiger charge is 2.61. The number of hydrogen-bond acceptors (Lipinski definition) is 14. The van der Waals surface area contributed by atoms with Gasteiger partial charge in [0.05, 0.1) is 44.6 Å². The largest absolute Gasteiger partial charge is 0.497 e. The van der Waals surface area contributed by atoms with Gasteiger partial charge < -0.3 is 42.6 Å². The van der Waals surface area contributed by atoms with Crippen LogP contribution >= 0.6 is 0 Å². The van der Waals surface area contributed by atoms with Crippen LogP contribution in [0.4, 0.5) is 0 Å². The Hall–Kier alpha value is -5.53. The van der Waals surface area contributed by atoms with E-state index in [0.717, 1.165) is 15.0 Å². The Morgan fingerprint density at radius 3 is 1.87 bits per heavy atom. The van der Waals surface area contributed by atoms with Crippen molar-refractivity contribution in [3.8, 4) is 11.5 Å². The third-order valence-corrected chi connectivity index (χ3v) is 12.0. The van der Waals surface area contributed by atoms with Gasteiger partial charge in [-0.3, -0.25) is 33.2 Å². The standard InChI is InChI=1S/C46H49N3O14/c1-45(2)60-36-32(58-43(57-24-26-13-17-28(56-6)18-14-26)34(37(36)61-45)49-40(52)29-9-7-8-10-30(29)41(49)53)20-19-31(50)35-38-39(63-46(3,4)62-38)42(59-35)47-22-21-33(51)48(44(47)54)23-25-11-15-27(55-5)16-12-25/h7-18,21-22,32,34-39,42-43H,19-20,23-24H2,1-6H3/t32-,34-,35-,36+,37-,38-,39-,42-,43?/m1/s1. The maximum absolute atomic E-state index is 14.4. The van der Waals surface area contributed by atoms with E-state index in [2.05, 4.69) is 0 Å². The summed E-state index contributed by atoms with van der Waals surface area (Å²) in [5.41, 5.74) is 0.820. The van der Waals surface area contributed by atoms with E-state index >= 15 is 0 Å². The molecule has 17 heteroatoms. The molecule has 0 radical (unpaired) electrons. The van der Waals surface area contributed by atoms with Crippen molar-refractivity contribution in [1.82, 2.24) is 14.0 Å². The Labute approximate surface area is 362 Å². The average molecular weight is 868 g/mol. The molecule has 4 saturated heterocycles. The number of benzene rings is 3. The number of fused-ring (bicyclic) bond motifs is 3. The first kappa shape index (κ1) is 42.8. The number of methoxy groups -OCH3 is 2. The number of carbonyl (C=O) groups is 3. The molecule has 1 unspecified atom stereocenters. The summed E-state index contributed by atoms with van der Waals surface area (Å²) in [6.45, 7) is 6.91. The van der Waals surface area contributed by atoms with Crippen LogP contribution in [0.1, 0.15) is 78.6 Å². The van der Waals surface area contributed by atoms with Crippen molar-refractivity contribution in [2.75, 3.05) is 14.2 Å². The highest BCUT2D eigenvalue weighted by atomic mass is 16.8. The smallest absolute Gasteiger partial charge is 0.333 e. The summed E-state index contributed by atoms with van der Waals surface area (Å²) in [5.74, 6) is -2.37. The predicted octanol–water partition coefficient (Wildman–Crippen LogP) is 3.97. The first-order valence-electron chi connectivity index (χ1n) is 20.9. The number of amides is 2. The minimum atomic E-state index is -1.20. The SMILES string of the molecule is COc1ccc(COC2O[C@H](CCC(=O)[C@H]3O[C@@H](n4ccc(=O)n(Cc5ccc(OC)cc5)c4=O)[C@@H]4OC(C)(C)O[C@@H]43)[C@@H]3OC(C)(C)O[C@@H]3[C@H]2N2C(=O)c3ccccc3C2=O)cc1. The Kier molecular flexibility index (Phi) is 11.2. The summed E-state index contributed by atoms with van der Waals surface area (Å²) in [7, 11) is 3.12. The van der Waals surface area contributed by atoms with Crippen LogP contribution in [-0.2, 0) is 51.1 Å². The van der Waals surface area contributed by atoms with Gasteiger partial charge in [0.1, 0.15) is 48.1 Å². The molecule has 6 heterocycles. The molecule has 3 aromatic carbocycles. The zero-order valence-electron chi connectivity index (χ0n) is 35.7. The number of hydrogen-bond donors (Lipinski definition) is 0. The zero-order chi connectivity index (χ0) is 44.4. The van der Waals surface area contributed by atoms with Gasteiger partial charge in [0, 0.05) is 18.7 Å². The van der Waals surface area contributed by atoms with Crippen LogP contribution in [0, 0.1) is 0 Å². The Morgan fingerprint density at radius 2 is 1.25 bits per heavy atom. The van der Waals surface area contributed by atoms with Gasteiger partial charge in [-0.1, -0.05) is 36.4 Å². The number of carbonyl (C=O) groups excluding carboxylic acids is 3. The quantitative estimate of drug-likeness (QED) is 0.176. The third kappa shape index (κ3) is 8.03. The van der Waals surface area contributed by atoms with Crippen LogP contribution in [0.3, 0.4) is 0 Å². The number of nitrogens with zero attached hydrogens (tertiary/aromatic N) is 3. The van der Waals surface area contributed by atoms with Crippen molar-refractivity contribution < 1.29 is 57.0 Å². The molecule has 0 saturated carbocycles. The highest BCUT2D eigenvalue weighted by Crippen LogP contribution is 2.45. The van der Waals surface area contributed by atoms with E-state index in [1.54, 1.807) is 103 Å². The molecule has 5 aliphatic heterocycles. The van der Waals surface area contributed by atoms with Gasteiger partial charge in [-0.25, -0.2) is 4.79 Å². The van der Waals surface area contributed by atoms with Crippen molar-refractivity contribution in [1.29, 1.82) is 0 Å². The van der Waals surface area contributed by atoms with E-state index in [9.17, 15) is 24.0 Å². The highest BCUT2D eigenvalue weighted by molar-refractivity contribution is 6.21. The number of rotatable bonds is 13. The summed E-state index contributed by atoms with van der Waals surface area (Å²) in [4.78, 5) is 70.5. The Morgan fingerprint density at radius 1 is 0.683 bits per heavy atom. The molecular weight excluding hydrogens is 819 g/mol. The number of aromatic nitrogens is 2. The molecule has 1 aromatic heterocycles. The summed E-state index contributed by atoms with van der Waals surface area (Å²) in [5, 5.41) is 0. The second kappa shape index (κ2) is 16.5. The normalized spacial score (nSPS) is 29.0. The van der Waals surface area contributed by atoms with E-state index in [1.165, 1.54) is 16.8 Å². The van der Waals surface area contributed by atoms with Gasteiger partial charge >= 0.3 is 5.69 Å². The fourth-order valence-electron chi connectivity index (χ4n) is 9.14.